The zero-order chi connectivity index (χ0) is 12.4. The topological polar surface area (TPSA) is 51.0 Å². The van der Waals surface area contributed by atoms with Crippen molar-refractivity contribution < 1.29 is 4.52 Å². The minimum atomic E-state index is 0.596. The lowest BCUT2D eigenvalue weighted by atomic mass is 9.82. The van der Waals surface area contributed by atoms with E-state index in [4.69, 9.17) is 4.52 Å². The van der Waals surface area contributed by atoms with Gasteiger partial charge in [-0.15, -0.1) is 0 Å². The third kappa shape index (κ3) is 2.74. The Morgan fingerprint density at radius 2 is 2.06 bits per heavy atom. The first-order chi connectivity index (χ1) is 8.86. The van der Waals surface area contributed by atoms with Gasteiger partial charge in [-0.05, 0) is 38.1 Å². The molecule has 2 atom stereocenters. The second-order valence-corrected chi connectivity index (χ2v) is 5.73. The van der Waals surface area contributed by atoms with E-state index in [1.807, 2.05) is 0 Å². The van der Waals surface area contributed by atoms with E-state index in [-0.39, 0.29) is 0 Å². The van der Waals surface area contributed by atoms with E-state index in [2.05, 4.69) is 22.4 Å². The molecule has 2 saturated carbocycles. The molecule has 18 heavy (non-hydrogen) atoms. The van der Waals surface area contributed by atoms with Crippen molar-refractivity contribution >= 4 is 0 Å². The Hall–Kier alpha value is -0.900. The molecule has 1 N–H and O–H groups in total. The molecule has 4 heteroatoms. The Balaban J connectivity index is 1.61. The van der Waals surface area contributed by atoms with Gasteiger partial charge in [0.1, 0.15) is 0 Å². The molecule has 0 aliphatic heterocycles. The molecule has 2 aliphatic rings. The predicted molar refractivity (Wildman–Crippen MR) is 69.4 cm³/mol. The lowest BCUT2D eigenvalue weighted by molar-refractivity contribution is 0.242. The summed E-state index contributed by atoms with van der Waals surface area (Å²) in [5, 5.41) is 7.72. The van der Waals surface area contributed by atoms with Crippen molar-refractivity contribution in [1.29, 1.82) is 0 Å². The summed E-state index contributed by atoms with van der Waals surface area (Å²) < 4.78 is 5.41. The molecule has 0 radical (unpaired) electrons. The fourth-order valence-corrected chi connectivity index (χ4v) is 3.07. The zero-order valence-corrected chi connectivity index (χ0v) is 11.2. The minimum absolute atomic E-state index is 0.596. The maximum atomic E-state index is 5.41. The van der Waals surface area contributed by atoms with Crippen LogP contribution in [0.15, 0.2) is 4.52 Å². The van der Waals surface area contributed by atoms with E-state index in [0.29, 0.717) is 17.9 Å². The molecule has 1 aromatic rings. The van der Waals surface area contributed by atoms with Crippen LogP contribution in [0.4, 0.5) is 0 Å². The van der Waals surface area contributed by atoms with Crippen molar-refractivity contribution in [3.8, 4) is 0 Å². The average molecular weight is 249 g/mol. The van der Waals surface area contributed by atoms with Gasteiger partial charge >= 0.3 is 0 Å². The van der Waals surface area contributed by atoms with Gasteiger partial charge in [0.05, 0.1) is 0 Å². The van der Waals surface area contributed by atoms with Crippen molar-refractivity contribution in [1.82, 2.24) is 15.5 Å². The fraction of sp³-hybridized carbons (Fsp3) is 0.857. The van der Waals surface area contributed by atoms with Gasteiger partial charge in [0, 0.05) is 18.4 Å². The lowest BCUT2D eigenvalue weighted by Gasteiger charge is -2.31. The SMILES string of the molecule is CCNC1CCCCC1Cc1nc(C2CC2)no1. The molecule has 2 fully saturated rings. The molecule has 0 amide bonds. The van der Waals surface area contributed by atoms with Crippen molar-refractivity contribution in [3.05, 3.63) is 11.7 Å². The molecule has 1 heterocycles. The van der Waals surface area contributed by atoms with Gasteiger partial charge in [0.25, 0.3) is 0 Å². The Labute approximate surface area is 109 Å². The predicted octanol–water partition coefficient (Wildman–Crippen LogP) is 2.66. The lowest BCUT2D eigenvalue weighted by Crippen LogP contribution is -2.39. The molecule has 3 rings (SSSR count). The molecule has 2 unspecified atom stereocenters. The number of rotatable bonds is 5. The van der Waals surface area contributed by atoms with Gasteiger partial charge in [-0.25, -0.2) is 0 Å². The Kier molecular flexibility index (Phi) is 3.64. The van der Waals surface area contributed by atoms with Gasteiger partial charge in [-0.1, -0.05) is 24.9 Å². The number of hydrogen-bond acceptors (Lipinski definition) is 4. The number of nitrogens with zero attached hydrogens (tertiary/aromatic N) is 2. The van der Waals surface area contributed by atoms with Gasteiger partial charge in [-0.2, -0.15) is 4.98 Å². The summed E-state index contributed by atoms with van der Waals surface area (Å²) in [5.41, 5.74) is 0. The molecule has 4 nitrogen and oxygen atoms in total. The first kappa shape index (κ1) is 12.2. The second-order valence-electron chi connectivity index (χ2n) is 5.73. The quantitative estimate of drug-likeness (QED) is 0.871. The molecule has 1 aromatic heterocycles. The normalized spacial score (nSPS) is 28.5. The number of hydrogen-bond donors (Lipinski definition) is 1. The molecule has 0 spiro atoms. The van der Waals surface area contributed by atoms with Crippen LogP contribution in [-0.4, -0.2) is 22.7 Å². The van der Waals surface area contributed by atoms with E-state index in [9.17, 15) is 0 Å². The van der Waals surface area contributed by atoms with Crippen LogP contribution >= 0.6 is 0 Å². The fourth-order valence-electron chi connectivity index (χ4n) is 3.07. The number of aromatic nitrogens is 2. The van der Waals surface area contributed by atoms with Crippen LogP contribution in [0, 0.1) is 5.92 Å². The molecular formula is C14H23N3O. The molecule has 0 bridgehead atoms. The minimum Gasteiger partial charge on any atom is -0.339 e. The Morgan fingerprint density at radius 1 is 1.22 bits per heavy atom. The molecule has 0 saturated heterocycles. The maximum Gasteiger partial charge on any atom is 0.226 e. The van der Waals surface area contributed by atoms with E-state index < -0.39 is 0 Å². The van der Waals surface area contributed by atoms with Crippen LogP contribution < -0.4 is 5.32 Å². The standard InChI is InChI=1S/C14H23N3O/c1-2-15-12-6-4-3-5-11(12)9-13-16-14(17-18-13)10-7-8-10/h10-12,15H,2-9H2,1H3. The van der Waals surface area contributed by atoms with Gasteiger partial charge in [-0.3, -0.25) is 0 Å². The van der Waals surface area contributed by atoms with Crippen LogP contribution in [0.25, 0.3) is 0 Å². The van der Waals surface area contributed by atoms with Crippen LogP contribution in [0.2, 0.25) is 0 Å². The summed E-state index contributed by atoms with van der Waals surface area (Å²) in [6.45, 7) is 3.24. The average Bonchev–Trinajstić information content (AvgIpc) is 3.13. The van der Waals surface area contributed by atoms with Crippen LogP contribution in [0.5, 0.6) is 0 Å². The first-order valence-electron chi connectivity index (χ1n) is 7.42. The molecule has 100 valence electrons. The summed E-state index contributed by atoms with van der Waals surface area (Å²) in [7, 11) is 0. The molecular weight excluding hydrogens is 226 g/mol. The first-order valence-corrected chi connectivity index (χ1v) is 7.42. The monoisotopic (exact) mass is 249 g/mol. The number of nitrogens with one attached hydrogen (secondary N) is 1. The zero-order valence-electron chi connectivity index (χ0n) is 11.2. The van der Waals surface area contributed by atoms with Crippen molar-refractivity contribution in [3.63, 3.8) is 0 Å². The highest BCUT2D eigenvalue weighted by Gasteiger charge is 2.30. The summed E-state index contributed by atoms with van der Waals surface area (Å²) in [6, 6.07) is 0.639. The van der Waals surface area contributed by atoms with Crippen molar-refractivity contribution in [2.24, 2.45) is 5.92 Å². The second kappa shape index (κ2) is 5.39. The van der Waals surface area contributed by atoms with E-state index in [0.717, 1.165) is 24.7 Å². The summed E-state index contributed by atoms with van der Waals surface area (Å²) in [6.07, 6.45) is 8.71. The highest BCUT2D eigenvalue weighted by molar-refractivity contribution is 5.04. The van der Waals surface area contributed by atoms with Crippen molar-refractivity contribution in [2.75, 3.05) is 6.54 Å². The van der Waals surface area contributed by atoms with Gasteiger partial charge in [0.15, 0.2) is 5.82 Å². The van der Waals surface area contributed by atoms with E-state index in [1.165, 1.54) is 38.5 Å². The largest absolute Gasteiger partial charge is 0.339 e. The summed E-state index contributed by atoms with van der Waals surface area (Å²) >= 11 is 0. The van der Waals surface area contributed by atoms with E-state index in [1.54, 1.807) is 0 Å². The smallest absolute Gasteiger partial charge is 0.226 e. The molecule has 0 aromatic carbocycles. The van der Waals surface area contributed by atoms with Gasteiger partial charge < -0.3 is 9.84 Å². The Morgan fingerprint density at radius 3 is 2.83 bits per heavy atom. The summed E-state index contributed by atoms with van der Waals surface area (Å²) in [5.74, 6) is 3.07. The maximum absolute atomic E-state index is 5.41. The third-order valence-electron chi connectivity index (χ3n) is 4.24. The van der Waals surface area contributed by atoms with Crippen molar-refractivity contribution in [2.45, 2.75) is 63.8 Å². The highest BCUT2D eigenvalue weighted by atomic mass is 16.5. The van der Waals surface area contributed by atoms with Gasteiger partial charge in [0.2, 0.25) is 5.89 Å². The van der Waals surface area contributed by atoms with Crippen LogP contribution in [-0.2, 0) is 6.42 Å². The van der Waals surface area contributed by atoms with Crippen LogP contribution in [0.1, 0.15) is 63.1 Å². The third-order valence-corrected chi connectivity index (χ3v) is 4.24. The highest BCUT2D eigenvalue weighted by Crippen LogP contribution is 2.38. The van der Waals surface area contributed by atoms with Crippen LogP contribution in [0.3, 0.4) is 0 Å². The van der Waals surface area contributed by atoms with E-state index >= 15 is 0 Å². The summed E-state index contributed by atoms with van der Waals surface area (Å²) in [4.78, 5) is 4.56. The molecule has 2 aliphatic carbocycles. The Bertz CT molecular complexity index is 384.